The van der Waals surface area contributed by atoms with E-state index in [1.165, 1.54) is 11.1 Å². The van der Waals surface area contributed by atoms with Crippen LogP contribution in [0, 0.1) is 13.8 Å². The monoisotopic (exact) mass is 427 g/mol. The SMILES string of the molecule is Cc1csc(N2CCCN(CC(=O)N3CCN(Cc4ccccc4C)CC3)CC2)n1. The van der Waals surface area contributed by atoms with Gasteiger partial charge in [-0.15, -0.1) is 11.3 Å². The summed E-state index contributed by atoms with van der Waals surface area (Å²) < 4.78 is 0. The normalized spacial score (nSPS) is 19.1. The number of carbonyl (C=O) groups excluding carboxylic acids is 1. The molecule has 6 nitrogen and oxygen atoms in total. The van der Waals surface area contributed by atoms with Gasteiger partial charge in [0.1, 0.15) is 0 Å². The summed E-state index contributed by atoms with van der Waals surface area (Å²) in [6, 6.07) is 8.59. The van der Waals surface area contributed by atoms with Crippen molar-refractivity contribution in [2.45, 2.75) is 26.8 Å². The number of thiazole rings is 1. The number of hydrogen-bond acceptors (Lipinski definition) is 6. The van der Waals surface area contributed by atoms with Gasteiger partial charge in [0.15, 0.2) is 5.13 Å². The number of benzene rings is 1. The summed E-state index contributed by atoms with van der Waals surface area (Å²) in [6.45, 7) is 13.2. The molecule has 2 aliphatic rings. The summed E-state index contributed by atoms with van der Waals surface area (Å²) in [5.74, 6) is 0.282. The molecule has 1 amide bonds. The Morgan fingerprint density at radius 1 is 0.967 bits per heavy atom. The molecule has 0 saturated carbocycles. The minimum absolute atomic E-state index is 0.282. The third kappa shape index (κ3) is 5.39. The Balaban J connectivity index is 1.22. The van der Waals surface area contributed by atoms with Crippen molar-refractivity contribution in [2.75, 3.05) is 63.8 Å². The van der Waals surface area contributed by atoms with Crippen LogP contribution in [0.25, 0.3) is 0 Å². The van der Waals surface area contributed by atoms with Crippen LogP contribution < -0.4 is 4.90 Å². The minimum Gasteiger partial charge on any atom is -0.347 e. The maximum atomic E-state index is 12.9. The average molecular weight is 428 g/mol. The van der Waals surface area contributed by atoms with Gasteiger partial charge in [0.05, 0.1) is 12.2 Å². The first-order valence-electron chi connectivity index (χ1n) is 11.0. The molecule has 0 N–H and O–H groups in total. The number of amides is 1. The zero-order valence-electron chi connectivity index (χ0n) is 18.2. The quantitative estimate of drug-likeness (QED) is 0.734. The number of hydrogen-bond donors (Lipinski definition) is 0. The highest BCUT2D eigenvalue weighted by molar-refractivity contribution is 7.13. The van der Waals surface area contributed by atoms with Crippen LogP contribution in [0.3, 0.4) is 0 Å². The van der Waals surface area contributed by atoms with E-state index >= 15 is 0 Å². The number of carbonyl (C=O) groups is 1. The largest absolute Gasteiger partial charge is 0.347 e. The summed E-state index contributed by atoms with van der Waals surface area (Å²) in [4.78, 5) is 26.7. The molecular formula is C23H33N5OS. The van der Waals surface area contributed by atoms with E-state index in [4.69, 9.17) is 0 Å². The molecule has 1 aromatic carbocycles. The maximum Gasteiger partial charge on any atom is 0.236 e. The third-order valence-corrected chi connectivity index (χ3v) is 7.22. The van der Waals surface area contributed by atoms with Crippen LogP contribution >= 0.6 is 11.3 Å². The van der Waals surface area contributed by atoms with Gasteiger partial charge in [0.2, 0.25) is 5.91 Å². The van der Waals surface area contributed by atoms with E-state index in [0.717, 1.165) is 76.1 Å². The fourth-order valence-electron chi connectivity index (χ4n) is 4.28. The predicted octanol–water partition coefficient (Wildman–Crippen LogP) is 2.62. The molecule has 0 bridgehead atoms. The number of nitrogens with zero attached hydrogens (tertiary/aromatic N) is 5. The smallest absolute Gasteiger partial charge is 0.236 e. The second kappa shape index (κ2) is 9.90. The van der Waals surface area contributed by atoms with Crippen molar-refractivity contribution >= 4 is 22.4 Å². The molecule has 4 rings (SSSR count). The highest BCUT2D eigenvalue weighted by Crippen LogP contribution is 2.21. The number of piperazine rings is 1. The number of aryl methyl sites for hydroxylation is 2. The van der Waals surface area contributed by atoms with Crippen molar-refractivity contribution in [3.63, 3.8) is 0 Å². The molecule has 7 heteroatoms. The molecule has 3 heterocycles. The van der Waals surface area contributed by atoms with Gasteiger partial charge in [-0.1, -0.05) is 24.3 Å². The Morgan fingerprint density at radius 2 is 1.73 bits per heavy atom. The summed E-state index contributed by atoms with van der Waals surface area (Å²) >= 11 is 1.72. The molecule has 0 unspecified atom stereocenters. The molecule has 162 valence electrons. The molecule has 2 saturated heterocycles. The Bertz CT molecular complexity index is 846. The fourth-order valence-corrected chi connectivity index (χ4v) is 5.14. The average Bonchev–Trinajstić information content (AvgIpc) is 3.05. The topological polar surface area (TPSA) is 42.9 Å². The molecule has 1 aromatic heterocycles. The van der Waals surface area contributed by atoms with E-state index in [1.807, 2.05) is 6.92 Å². The highest BCUT2D eigenvalue weighted by atomic mass is 32.1. The van der Waals surface area contributed by atoms with E-state index in [1.54, 1.807) is 11.3 Å². The Morgan fingerprint density at radius 3 is 2.47 bits per heavy atom. The molecule has 2 aliphatic heterocycles. The lowest BCUT2D eigenvalue weighted by molar-refractivity contribution is -0.134. The summed E-state index contributed by atoms with van der Waals surface area (Å²) in [5.41, 5.74) is 3.83. The number of aromatic nitrogens is 1. The van der Waals surface area contributed by atoms with E-state index in [-0.39, 0.29) is 5.91 Å². The third-order valence-electron chi connectivity index (χ3n) is 6.20. The Hall–Kier alpha value is -1.96. The van der Waals surface area contributed by atoms with E-state index in [9.17, 15) is 4.79 Å². The van der Waals surface area contributed by atoms with E-state index < -0.39 is 0 Å². The van der Waals surface area contributed by atoms with E-state index in [2.05, 4.69) is 61.2 Å². The molecular weight excluding hydrogens is 394 g/mol. The van der Waals surface area contributed by atoms with Crippen LogP contribution in [0.2, 0.25) is 0 Å². The summed E-state index contributed by atoms with van der Waals surface area (Å²) in [7, 11) is 0. The van der Waals surface area contributed by atoms with Crippen molar-refractivity contribution in [1.29, 1.82) is 0 Å². The summed E-state index contributed by atoms with van der Waals surface area (Å²) in [6.07, 6.45) is 1.08. The van der Waals surface area contributed by atoms with Crippen molar-refractivity contribution < 1.29 is 4.79 Å². The molecule has 2 fully saturated rings. The summed E-state index contributed by atoms with van der Waals surface area (Å²) in [5, 5.41) is 3.23. The number of anilines is 1. The zero-order chi connectivity index (χ0) is 20.9. The molecule has 0 aliphatic carbocycles. The molecule has 30 heavy (non-hydrogen) atoms. The van der Waals surface area contributed by atoms with Crippen molar-refractivity contribution in [1.82, 2.24) is 19.7 Å². The molecule has 0 radical (unpaired) electrons. The Kier molecular flexibility index (Phi) is 7.02. The lowest BCUT2D eigenvalue weighted by Crippen LogP contribution is -2.51. The zero-order valence-corrected chi connectivity index (χ0v) is 19.0. The lowest BCUT2D eigenvalue weighted by atomic mass is 10.1. The van der Waals surface area contributed by atoms with Gasteiger partial charge < -0.3 is 9.80 Å². The van der Waals surface area contributed by atoms with Gasteiger partial charge in [-0.2, -0.15) is 0 Å². The first-order valence-corrected chi connectivity index (χ1v) is 11.9. The van der Waals surface area contributed by atoms with Crippen molar-refractivity contribution in [3.05, 3.63) is 46.5 Å². The van der Waals surface area contributed by atoms with Crippen LogP contribution in [-0.4, -0.2) is 84.5 Å². The van der Waals surface area contributed by atoms with E-state index in [0.29, 0.717) is 6.54 Å². The lowest BCUT2D eigenvalue weighted by Gasteiger charge is -2.36. The molecule has 0 atom stereocenters. The van der Waals surface area contributed by atoms with Crippen LogP contribution in [0.4, 0.5) is 5.13 Å². The van der Waals surface area contributed by atoms with Gasteiger partial charge in [-0.05, 0) is 31.4 Å². The first-order chi connectivity index (χ1) is 14.6. The standard InChI is InChI=1S/C23H33N5OS/c1-19-6-3-4-7-21(19)16-26-10-13-27(14-11-26)22(29)17-25-8-5-9-28(15-12-25)23-24-20(2)18-30-23/h3-4,6-7,18H,5,8-17H2,1-2H3. The van der Waals surface area contributed by atoms with Gasteiger partial charge in [-0.3, -0.25) is 14.6 Å². The van der Waals surface area contributed by atoms with Crippen molar-refractivity contribution in [2.24, 2.45) is 0 Å². The van der Waals surface area contributed by atoms with Crippen molar-refractivity contribution in [3.8, 4) is 0 Å². The van der Waals surface area contributed by atoms with Crippen LogP contribution in [0.5, 0.6) is 0 Å². The highest BCUT2D eigenvalue weighted by Gasteiger charge is 2.24. The van der Waals surface area contributed by atoms with Crippen LogP contribution in [-0.2, 0) is 11.3 Å². The second-order valence-corrected chi connectivity index (χ2v) is 9.31. The van der Waals surface area contributed by atoms with Gasteiger partial charge in [0, 0.05) is 64.3 Å². The van der Waals surface area contributed by atoms with Crippen LogP contribution in [0.1, 0.15) is 23.2 Å². The van der Waals surface area contributed by atoms with Gasteiger partial charge in [0.25, 0.3) is 0 Å². The Labute approximate surface area is 184 Å². The van der Waals surface area contributed by atoms with Gasteiger partial charge in [-0.25, -0.2) is 4.98 Å². The van der Waals surface area contributed by atoms with Gasteiger partial charge >= 0.3 is 0 Å². The minimum atomic E-state index is 0.282. The molecule has 0 spiro atoms. The number of rotatable bonds is 5. The fraction of sp³-hybridized carbons (Fsp3) is 0.565. The van der Waals surface area contributed by atoms with Crippen LogP contribution in [0.15, 0.2) is 29.6 Å². The first kappa shape index (κ1) is 21.3. The maximum absolute atomic E-state index is 12.9. The molecule has 2 aromatic rings. The second-order valence-electron chi connectivity index (χ2n) is 8.47. The predicted molar refractivity (Wildman–Crippen MR) is 123 cm³/mol.